The number of sulfonamides is 1. The minimum absolute atomic E-state index is 0.0943. The van der Waals surface area contributed by atoms with Crippen molar-refractivity contribution < 1.29 is 17.6 Å². The standard InChI is InChI=1S/C25H26FN3O3S/c1-18-7-6-10-24(19(18)2)27-25(30)22-17-21(11-12-23(22)26)33(31,32)29-15-13-28(14-16-29)20-8-4-3-5-9-20/h3-12,17H,13-16H2,1-2H3,(H,27,30). The van der Waals surface area contributed by atoms with E-state index in [2.05, 4.69) is 10.2 Å². The molecule has 0 radical (unpaired) electrons. The largest absolute Gasteiger partial charge is 0.369 e. The molecular formula is C25H26FN3O3S. The van der Waals surface area contributed by atoms with Crippen molar-refractivity contribution in [3.05, 3.63) is 89.2 Å². The van der Waals surface area contributed by atoms with Gasteiger partial charge in [0.1, 0.15) is 5.82 Å². The van der Waals surface area contributed by atoms with Crippen LogP contribution in [0.1, 0.15) is 21.5 Å². The average Bonchev–Trinajstić information content (AvgIpc) is 2.83. The molecule has 0 unspecified atom stereocenters. The van der Waals surface area contributed by atoms with Crippen molar-refractivity contribution in [2.24, 2.45) is 0 Å². The number of nitrogens with one attached hydrogen (secondary N) is 1. The SMILES string of the molecule is Cc1cccc(NC(=O)c2cc(S(=O)(=O)N3CCN(c4ccccc4)CC3)ccc2F)c1C. The minimum atomic E-state index is -3.87. The van der Waals surface area contributed by atoms with Crippen molar-refractivity contribution in [3.63, 3.8) is 0 Å². The van der Waals surface area contributed by atoms with E-state index in [1.54, 1.807) is 12.1 Å². The molecule has 0 aliphatic carbocycles. The summed E-state index contributed by atoms with van der Waals surface area (Å²) in [5.41, 5.74) is 3.15. The zero-order valence-electron chi connectivity index (χ0n) is 18.6. The van der Waals surface area contributed by atoms with Crippen LogP contribution in [0.15, 0.2) is 71.6 Å². The summed E-state index contributed by atoms with van der Waals surface area (Å²) in [4.78, 5) is 14.8. The molecule has 3 aromatic carbocycles. The molecule has 0 saturated carbocycles. The number of aryl methyl sites for hydroxylation is 1. The third-order valence-electron chi connectivity index (χ3n) is 6.03. The summed E-state index contributed by atoms with van der Waals surface area (Å²) in [5, 5.41) is 2.70. The van der Waals surface area contributed by atoms with Crippen molar-refractivity contribution in [3.8, 4) is 0 Å². The molecule has 1 N–H and O–H groups in total. The average molecular weight is 468 g/mol. The molecule has 0 aromatic heterocycles. The number of benzene rings is 3. The molecule has 6 nitrogen and oxygen atoms in total. The maximum absolute atomic E-state index is 14.5. The summed E-state index contributed by atoms with van der Waals surface area (Å²) in [5.74, 6) is -1.46. The predicted molar refractivity (Wildman–Crippen MR) is 128 cm³/mol. The number of anilines is 2. The number of hydrogen-bond donors (Lipinski definition) is 1. The summed E-state index contributed by atoms with van der Waals surface area (Å²) < 4.78 is 42.3. The Balaban J connectivity index is 1.53. The van der Waals surface area contributed by atoms with Gasteiger partial charge in [0.05, 0.1) is 10.5 Å². The summed E-state index contributed by atoms with van der Waals surface area (Å²) in [6.07, 6.45) is 0. The van der Waals surface area contributed by atoms with Crippen LogP contribution in [0.2, 0.25) is 0 Å². The molecule has 4 rings (SSSR count). The second-order valence-corrected chi connectivity index (χ2v) is 10.0. The normalized spacial score (nSPS) is 14.8. The minimum Gasteiger partial charge on any atom is -0.369 e. The summed E-state index contributed by atoms with van der Waals surface area (Å²) in [6, 6.07) is 18.6. The third kappa shape index (κ3) is 4.77. The van der Waals surface area contributed by atoms with Gasteiger partial charge in [-0.15, -0.1) is 0 Å². The van der Waals surface area contributed by atoms with Gasteiger partial charge in [-0.3, -0.25) is 4.79 Å². The second-order valence-electron chi connectivity index (χ2n) is 8.07. The van der Waals surface area contributed by atoms with Gasteiger partial charge in [0.2, 0.25) is 10.0 Å². The van der Waals surface area contributed by atoms with E-state index >= 15 is 0 Å². The molecule has 33 heavy (non-hydrogen) atoms. The number of rotatable bonds is 5. The molecule has 0 bridgehead atoms. The molecular weight excluding hydrogens is 441 g/mol. The lowest BCUT2D eigenvalue weighted by Crippen LogP contribution is -2.48. The van der Waals surface area contributed by atoms with Crippen LogP contribution in [0.3, 0.4) is 0 Å². The monoisotopic (exact) mass is 467 g/mol. The summed E-state index contributed by atoms with van der Waals surface area (Å²) in [7, 11) is -3.87. The molecule has 172 valence electrons. The van der Waals surface area contributed by atoms with Crippen LogP contribution >= 0.6 is 0 Å². The van der Waals surface area contributed by atoms with Gasteiger partial charge in [0, 0.05) is 37.6 Å². The Kier molecular flexibility index (Phi) is 6.49. The van der Waals surface area contributed by atoms with Crippen LogP contribution in [0.25, 0.3) is 0 Å². The Bertz CT molecular complexity index is 1270. The van der Waals surface area contributed by atoms with E-state index in [9.17, 15) is 17.6 Å². The fraction of sp³-hybridized carbons (Fsp3) is 0.240. The van der Waals surface area contributed by atoms with Crippen molar-refractivity contribution in [2.75, 3.05) is 36.4 Å². The van der Waals surface area contributed by atoms with Gasteiger partial charge in [0.15, 0.2) is 0 Å². The Labute approximate surface area is 193 Å². The van der Waals surface area contributed by atoms with Gasteiger partial charge in [-0.2, -0.15) is 4.31 Å². The second kappa shape index (κ2) is 9.33. The van der Waals surface area contributed by atoms with Crippen molar-refractivity contribution in [1.82, 2.24) is 4.31 Å². The maximum Gasteiger partial charge on any atom is 0.258 e. The highest BCUT2D eigenvalue weighted by Gasteiger charge is 2.30. The topological polar surface area (TPSA) is 69.7 Å². The number of amides is 1. The number of halogens is 1. The third-order valence-corrected chi connectivity index (χ3v) is 7.93. The maximum atomic E-state index is 14.5. The van der Waals surface area contributed by atoms with E-state index in [4.69, 9.17) is 0 Å². The van der Waals surface area contributed by atoms with Gasteiger partial charge in [-0.1, -0.05) is 30.3 Å². The molecule has 8 heteroatoms. The van der Waals surface area contributed by atoms with Crippen LogP contribution in [-0.4, -0.2) is 44.8 Å². The van der Waals surface area contributed by atoms with Gasteiger partial charge >= 0.3 is 0 Å². The fourth-order valence-corrected chi connectivity index (χ4v) is 5.34. The lowest BCUT2D eigenvalue weighted by Gasteiger charge is -2.35. The molecule has 1 amide bonds. The molecule has 3 aromatic rings. The molecule has 0 spiro atoms. The number of para-hydroxylation sites is 1. The van der Waals surface area contributed by atoms with E-state index < -0.39 is 21.7 Å². The highest BCUT2D eigenvalue weighted by Crippen LogP contribution is 2.24. The van der Waals surface area contributed by atoms with Gasteiger partial charge in [-0.25, -0.2) is 12.8 Å². The van der Waals surface area contributed by atoms with Crippen LogP contribution in [0.4, 0.5) is 15.8 Å². The Morgan fingerprint density at radius 1 is 0.909 bits per heavy atom. The lowest BCUT2D eigenvalue weighted by atomic mass is 10.1. The summed E-state index contributed by atoms with van der Waals surface area (Å²) >= 11 is 0. The van der Waals surface area contributed by atoms with E-state index in [-0.39, 0.29) is 10.5 Å². The van der Waals surface area contributed by atoms with E-state index in [0.29, 0.717) is 31.9 Å². The summed E-state index contributed by atoms with van der Waals surface area (Å²) in [6.45, 7) is 5.47. The lowest BCUT2D eigenvalue weighted by molar-refractivity contribution is 0.102. The Morgan fingerprint density at radius 2 is 1.61 bits per heavy atom. The highest BCUT2D eigenvalue weighted by atomic mass is 32.2. The van der Waals surface area contributed by atoms with Crippen molar-refractivity contribution in [1.29, 1.82) is 0 Å². The molecule has 1 aliphatic rings. The van der Waals surface area contributed by atoms with Crippen LogP contribution < -0.4 is 10.2 Å². The van der Waals surface area contributed by atoms with Crippen molar-refractivity contribution >= 4 is 27.3 Å². The van der Waals surface area contributed by atoms with Crippen LogP contribution in [0, 0.1) is 19.7 Å². The number of piperazine rings is 1. The first-order valence-electron chi connectivity index (χ1n) is 10.7. The van der Waals surface area contributed by atoms with Crippen molar-refractivity contribution in [2.45, 2.75) is 18.7 Å². The molecule has 1 aliphatic heterocycles. The zero-order chi connectivity index (χ0) is 23.6. The fourth-order valence-electron chi connectivity index (χ4n) is 3.89. The first-order chi connectivity index (χ1) is 15.8. The van der Waals surface area contributed by atoms with Crippen LogP contribution in [0.5, 0.6) is 0 Å². The number of carbonyl (C=O) groups is 1. The first-order valence-corrected chi connectivity index (χ1v) is 12.2. The van der Waals surface area contributed by atoms with Gasteiger partial charge < -0.3 is 10.2 Å². The number of carbonyl (C=O) groups excluding carboxylic acids is 1. The van der Waals surface area contributed by atoms with E-state index in [1.807, 2.05) is 50.2 Å². The quantitative estimate of drug-likeness (QED) is 0.611. The predicted octanol–water partition coefficient (Wildman–Crippen LogP) is 4.21. The smallest absolute Gasteiger partial charge is 0.258 e. The Hall–Kier alpha value is -3.23. The Morgan fingerprint density at radius 3 is 2.30 bits per heavy atom. The van der Waals surface area contributed by atoms with Gasteiger partial charge in [0.25, 0.3) is 5.91 Å². The number of nitrogens with zero attached hydrogens (tertiary/aromatic N) is 2. The zero-order valence-corrected chi connectivity index (χ0v) is 19.4. The highest BCUT2D eigenvalue weighted by molar-refractivity contribution is 7.89. The molecule has 1 saturated heterocycles. The molecule has 1 heterocycles. The number of hydrogen-bond acceptors (Lipinski definition) is 4. The van der Waals surface area contributed by atoms with Gasteiger partial charge in [-0.05, 0) is 61.4 Å². The van der Waals surface area contributed by atoms with E-state index in [0.717, 1.165) is 28.9 Å². The first kappa shape index (κ1) is 22.9. The molecule has 1 fully saturated rings. The van der Waals surface area contributed by atoms with E-state index in [1.165, 1.54) is 10.4 Å². The molecule has 0 atom stereocenters. The van der Waals surface area contributed by atoms with Crippen LogP contribution in [-0.2, 0) is 10.0 Å².